The number of anilines is 1. The number of rotatable bonds is 4. The van der Waals surface area contributed by atoms with Crippen molar-refractivity contribution in [1.82, 2.24) is 9.97 Å². The number of benzene rings is 1. The second kappa shape index (κ2) is 4.56. The van der Waals surface area contributed by atoms with E-state index in [0.29, 0.717) is 6.54 Å². The normalized spacial score (nSPS) is 11.4. The maximum Gasteiger partial charge on any atom is 0.264 e. The van der Waals surface area contributed by atoms with Crippen LogP contribution in [0.5, 0.6) is 0 Å². The number of hydrogen-bond donors (Lipinski definition) is 3. The van der Waals surface area contributed by atoms with Crippen molar-refractivity contribution in [1.29, 1.82) is 0 Å². The fourth-order valence-electron chi connectivity index (χ4n) is 1.35. The summed E-state index contributed by atoms with van der Waals surface area (Å²) in [4.78, 5) is 6.63. The van der Waals surface area contributed by atoms with Crippen LogP contribution < -0.4 is 10.5 Å². The van der Waals surface area contributed by atoms with E-state index in [0.717, 1.165) is 5.56 Å². The topological polar surface area (TPSA) is 101 Å². The highest BCUT2D eigenvalue weighted by Gasteiger charge is 2.15. The number of nitrogens with one attached hydrogen (secondary N) is 2. The molecule has 17 heavy (non-hydrogen) atoms. The number of nitrogens with two attached hydrogens (primary N) is 1. The summed E-state index contributed by atoms with van der Waals surface area (Å²) in [6, 6.07) is 6.46. The highest BCUT2D eigenvalue weighted by atomic mass is 32.2. The zero-order valence-electron chi connectivity index (χ0n) is 8.92. The lowest BCUT2D eigenvalue weighted by molar-refractivity contribution is 0.600. The molecular formula is C10H12N4O2S. The van der Waals surface area contributed by atoms with Gasteiger partial charge in [0.15, 0.2) is 0 Å². The third kappa shape index (κ3) is 2.63. The summed E-state index contributed by atoms with van der Waals surface area (Å²) in [5.41, 5.74) is 6.22. The molecule has 0 aliphatic rings. The molecule has 0 unspecified atom stereocenters. The van der Waals surface area contributed by atoms with Gasteiger partial charge in [0.25, 0.3) is 10.0 Å². The summed E-state index contributed by atoms with van der Waals surface area (Å²) in [6.45, 7) is 0.296. The molecule has 0 saturated carbocycles. The zero-order valence-corrected chi connectivity index (χ0v) is 9.74. The monoisotopic (exact) mass is 252 g/mol. The van der Waals surface area contributed by atoms with E-state index in [-0.39, 0.29) is 10.8 Å². The number of H-pyrrole nitrogens is 1. The summed E-state index contributed by atoms with van der Waals surface area (Å²) in [5.74, 6) is 0.183. The van der Waals surface area contributed by atoms with E-state index in [1.807, 2.05) is 0 Å². The van der Waals surface area contributed by atoms with Crippen LogP contribution in [0.2, 0.25) is 0 Å². The summed E-state index contributed by atoms with van der Waals surface area (Å²) in [6.07, 6.45) is 3.00. The van der Waals surface area contributed by atoms with Gasteiger partial charge < -0.3 is 10.7 Å². The van der Waals surface area contributed by atoms with Gasteiger partial charge in [-0.05, 0) is 17.7 Å². The van der Waals surface area contributed by atoms with E-state index >= 15 is 0 Å². The Labute approximate surface area is 98.9 Å². The van der Waals surface area contributed by atoms with Crippen molar-refractivity contribution in [2.24, 2.45) is 5.73 Å². The van der Waals surface area contributed by atoms with Gasteiger partial charge in [-0.25, -0.2) is 18.1 Å². The van der Waals surface area contributed by atoms with Crippen LogP contribution in [0.25, 0.3) is 0 Å². The van der Waals surface area contributed by atoms with Gasteiger partial charge in [-0.1, -0.05) is 12.1 Å². The fraction of sp³-hybridized carbons (Fsp3) is 0.100. The van der Waals surface area contributed by atoms with Crippen molar-refractivity contribution in [2.45, 2.75) is 11.4 Å². The van der Waals surface area contributed by atoms with Crippen molar-refractivity contribution >= 4 is 16.0 Å². The lowest BCUT2D eigenvalue weighted by Crippen LogP contribution is -2.14. The maximum absolute atomic E-state index is 12.0. The molecule has 6 nitrogen and oxygen atoms in total. The largest absolute Gasteiger partial charge is 0.330 e. The van der Waals surface area contributed by atoms with E-state index in [4.69, 9.17) is 5.73 Å². The minimum atomic E-state index is -3.62. The second-order valence-electron chi connectivity index (χ2n) is 3.39. The molecule has 1 aromatic carbocycles. The van der Waals surface area contributed by atoms with Crippen LogP contribution in [0, 0.1) is 0 Å². The van der Waals surface area contributed by atoms with E-state index < -0.39 is 10.0 Å². The van der Waals surface area contributed by atoms with Crippen molar-refractivity contribution < 1.29 is 8.42 Å². The van der Waals surface area contributed by atoms with Gasteiger partial charge in [0.05, 0.1) is 4.90 Å². The number of nitrogens with zero attached hydrogens (tertiary/aromatic N) is 1. The molecule has 0 amide bonds. The number of sulfonamides is 1. The molecule has 0 saturated heterocycles. The average molecular weight is 252 g/mol. The third-order valence-electron chi connectivity index (χ3n) is 2.17. The first-order valence-electron chi connectivity index (χ1n) is 4.93. The molecule has 0 atom stereocenters. The Morgan fingerprint density at radius 3 is 2.88 bits per heavy atom. The van der Waals surface area contributed by atoms with Crippen LogP contribution in [0.1, 0.15) is 5.56 Å². The predicted molar refractivity (Wildman–Crippen MR) is 63.7 cm³/mol. The standard InChI is InChI=1S/C10H12N4O2S/c11-7-8-2-1-3-9(6-8)17(15,16)14-10-12-4-5-13-10/h1-6H,7,11H2,(H2,12,13,14). The molecule has 0 bridgehead atoms. The van der Waals surface area contributed by atoms with Gasteiger partial charge in [-0.15, -0.1) is 0 Å². The van der Waals surface area contributed by atoms with Gasteiger partial charge in [0, 0.05) is 18.9 Å². The number of aromatic nitrogens is 2. The summed E-state index contributed by atoms with van der Waals surface area (Å²) >= 11 is 0. The number of aromatic amines is 1. The minimum Gasteiger partial charge on any atom is -0.330 e. The van der Waals surface area contributed by atoms with Crippen LogP contribution in [-0.4, -0.2) is 18.4 Å². The molecule has 1 aromatic heterocycles. The summed E-state index contributed by atoms with van der Waals surface area (Å²) in [5, 5.41) is 0. The molecule has 0 fully saturated rings. The molecule has 2 aromatic rings. The van der Waals surface area contributed by atoms with Gasteiger partial charge in [-0.3, -0.25) is 0 Å². The lowest BCUT2D eigenvalue weighted by atomic mass is 10.2. The number of imidazole rings is 1. The van der Waals surface area contributed by atoms with Gasteiger partial charge in [-0.2, -0.15) is 0 Å². The quantitative estimate of drug-likeness (QED) is 0.744. The fourth-order valence-corrected chi connectivity index (χ4v) is 2.40. The Balaban J connectivity index is 2.31. The summed E-state index contributed by atoms with van der Waals surface area (Å²) in [7, 11) is -3.62. The van der Waals surface area contributed by atoms with Crippen LogP contribution in [0.4, 0.5) is 5.95 Å². The van der Waals surface area contributed by atoms with Crippen molar-refractivity contribution in [3.05, 3.63) is 42.2 Å². The van der Waals surface area contributed by atoms with E-state index in [9.17, 15) is 8.42 Å². The molecule has 90 valence electrons. The SMILES string of the molecule is NCc1cccc(S(=O)(=O)Nc2ncc[nH]2)c1. The molecule has 1 heterocycles. The Kier molecular flexibility index (Phi) is 3.12. The first kappa shape index (κ1) is 11.6. The molecular weight excluding hydrogens is 240 g/mol. The first-order chi connectivity index (χ1) is 8.12. The van der Waals surface area contributed by atoms with Crippen LogP contribution in [0.3, 0.4) is 0 Å². The molecule has 0 aliphatic heterocycles. The lowest BCUT2D eigenvalue weighted by Gasteiger charge is -2.06. The molecule has 4 N–H and O–H groups in total. The average Bonchev–Trinajstić information content (AvgIpc) is 2.81. The van der Waals surface area contributed by atoms with E-state index in [2.05, 4.69) is 14.7 Å². The van der Waals surface area contributed by atoms with E-state index in [1.165, 1.54) is 24.5 Å². The van der Waals surface area contributed by atoms with Crippen LogP contribution in [-0.2, 0) is 16.6 Å². The Bertz CT molecular complexity index is 593. The predicted octanol–water partition coefficient (Wildman–Crippen LogP) is 0.669. The molecule has 0 aliphatic carbocycles. The van der Waals surface area contributed by atoms with Gasteiger partial charge in [0.2, 0.25) is 5.95 Å². The Morgan fingerprint density at radius 2 is 2.24 bits per heavy atom. The molecule has 7 heteroatoms. The van der Waals surface area contributed by atoms with Gasteiger partial charge >= 0.3 is 0 Å². The molecule has 2 rings (SSSR count). The smallest absolute Gasteiger partial charge is 0.264 e. The third-order valence-corrected chi connectivity index (χ3v) is 3.51. The van der Waals surface area contributed by atoms with Crippen LogP contribution in [0.15, 0.2) is 41.6 Å². The maximum atomic E-state index is 12.0. The summed E-state index contributed by atoms with van der Waals surface area (Å²) < 4.78 is 26.2. The Hall–Kier alpha value is -1.86. The first-order valence-corrected chi connectivity index (χ1v) is 6.41. The van der Waals surface area contributed by atoms with Gasteiger partial charge in [0.1, 0.15) is 0 Å². The molecule has 0 spiro atoms. The minimum absolute atomic E-state index is 0.164. The number of hydrogen-bond acceptors (Lipinski definition) is 4. The highest BCUT2D eigenvalue weighted by Crippen LogP contribution is 2.14. The zero-order chi connectivity index (χ0) is 12.3. The molecule has 0 radical (unpaired) electrons. The van der Waals surface area contributed by atoms with Crippen molar-refractivity contribution in [3.63, 3.8) is 0 Å². The van der Waals surface area contributed by atoms with Crippen molar-refractivity contribution in [2.75, 3.05) is 4.72 Å². The second-order valence-corrected chi connectivity index (χ2v) is 5.08. The van der Waals surface area contributed by atoms with Crippen LogP contribution >= 0.6 is 0 Å². The van der Waals surface area contributed by atoms with E-state index in [1.54, 1.807) is 12.1 Å². The highest BCUT2D eigenvalue weighted by molar-refractivity contribution is 7.92. The van der Waals surface area contributed by atoms with Crippen molar-refractivity contribution in [3.8, 4) is 0 Å². The Morgan fingerprint density at radius 1 is 1.41 bits per heavy atom.